The normalized spacial score (nSPS) is 18.2. The van der Waals surface area contributed by atoms with E-state index in [0.29, 0.717) is 11.4 Å². The van der Waals surface area contributed by atoms with Gasteiger partial charge in [-0.2, -0.15) is 0 Å². The standard InChI is InChI=1S/C19H22N2O4S/c1-14(15-8-4-3-5-9-15)20-19(22)18-12-13-21(26(2,23)24)16-10-6-7-11-17(16)25-18/h3-11,14,18H,12-13H2,1-2H3,(H,20,22)/t14-,18+/m0/s1. The quantitative estimate of drug-likeness (QED) is 0.892. The van der Waals surface area contributed by atoms with Crippen LogP contribution in [0.4, 0.5) is 5.69 Å². The molecule has 0 aliphatic carbocycles. The van der Waals surface area contributed by atoms with Gasteiger partial charge < -0.3 is 10.1 Å². The van der Waals surface area contributed by atoms with Crippen molar-refractivity contribution in [2.24, 2.45) is 0 Å². The Hall–Kier alpha value is -2.54. The van der Waals surface area contributed by atoms with E-state index < -0.39 is 16.1 Å². The number of nitrogens with one attached hydrogen (secondary N) is 1. The second-order valence-corrected chi connectivity index (χ2v) is 8.25. The van der Waals surface area contributed by atoms with E-state index >= 15 is 0 Å². The Labute approximate surface area is 153 Å². The van der Waals surface area contributed by atoms with E-state index in [1.165, 1.54) is 4.31 Å². The van der Waals surface area contributed by atoms with E-state index in [4.69, 9.17) is 4.74 Å². The summed E-state index contributed by atoms with van der Waals surface area (Å²) in [5, 5.41) is 2.95. The van der Waals surface area contributed by atoms with Gasteiger partial charge in [0, 0.05) is 13.0 Å². The van der Waals surface area contributed by atoms with Gasteiger partial charge in [-0.05, 0) is 24.6 Å². The molecule has 0 saturated heterocycles. The van der Waals surface area contributed by atoms with Crippen LogP contribution in [0.5, 0.6) is 5.75 Å². The van der Waals surface area contributed by atoms with Crippen molar-refractivity contribution < 1.29 is 17.9 Å². The lowest BCUT2D eigenvalue weighted by Gasteiger charge is -2.20. The number of fused-ring (bicyclic) bond motifs is 1. The molecular formula is C19H22N2O4S. The Morgan fingerprint density at radius 2 is 1.81 bits per heavy atom. The van der Waals surface area contributed by atoms with Crippen molar-refractivity contribution in [1.29, 1.82) is 0 Å². The molecule has 26 heavy (non-hydrogen) atoms. The minimum absolute atomic E-state index is 0.170. The Kier molecular flexibility index (Phi) is 5.18. The first kappa shape index (κ1) is 18.3. The number of hydrogen-bond acceptors (Lipinski definition) is 4. The maximum atomic E-state index is 12.7. The Bertz CT molecular complexity index is 883. The first-order chi connectivity index (χ1) is 12.4. The molecular weight excluding hydrogens is 352 g/mol. The van der Waals surface area contributed by atoms with Crippen molar-refractivity contribution in [2.75, 3.05) is 17.1 Å². The van der Waals surface area contributed by atoms with Crippen molar-refractivity contribution >= 4 is 21.6 Å². The number of hydrogen-bond donors (Lipinski definition) is 1. The Morgan fingerprint density at radius 1 is 1.15 bits per heavy atom. The summed E-state index contributed by atoms with van der Waals surface area (Å²) < 4.78 is 31.4. The van der Waals surface area contributed by atoms with Crippen LogP contribution in [0.3, 0.4) is 0 Å². The van der Waals surface area contributed by atoms with Gasteiger partial charge >= 0.3 is 0 Å². The van der Waals surface area contributed by atoms with Crippen LogP contribution in [0.1, 0.15) is 24.9 Å². The fraction of sp³-hybridized carbons (Fsp3) is 0.316. The summed E-state index contributed by atoms with van der Waals surface area (Å²) in [6, 6.07) is 16.3. The zero-order chi connectivity index (χ0) is 18.7. The number of anilines is 1. The van der Waals surface area contributed by atoms with Crippen molar-refractivity contribution in [1.82, 2.24) is 5.32 Å². The largest absolute Gasteiger partial charge is 0.478 e. The van der Waals surface area contributed by atoms with Crippen LogP contribution in [0, 0.1) is 0 Å². The smallest absolute Gasteiger partial charge is 0.261 e. The number of amides is 1. The van der Waals surface area contributed by atoms with Gasteiger partial charge in [-0.1, -0.05) is 42.5 Å². The predicted octanol–water partition coefficient (Wildman–Crippen LogP) is 2.48. The number of rotatable bonds is 4. The lowest BCUT2D eigenvalue weighted by molar-refractivity contribution is -0.128. The molecule has 2 aromatic rings. The maximum absolute atomic E-state index is 12.7. The molecule has 0 radical (unpaired) electrons. The van der Waals surface area contributed by atoms with Gasteiger partial charge in [-0.15, -0.1) is 0 Å². The molecule has 0 spiro atoms. The lowest BCUT2D eigenvalue weighted by atomic mass is 10.1. The van der Waals surface area contributed by atoms with E-state index in [2.05, 4.69) is 5.32 Å². The fourth-order valence-electron chi connectivity index (χ4n) is 2.99. The third-order valence-corrected chi connectivity index (χ3v) is 5.53. The molecule has 0 fully saturated rings. The van der Waals surface area contributed by atoms with Gasteiger partial charge in [0.1, 0.15) is 5.75 Å². The zero-order valence-electron chi connectivity index (χ0n) is 14.8. The molecule has 1 heterocycles. The van der Waals surface area contributed by atoms with Gasteiger partial charge in [-0.3, -0.25) is 9.10 Å². The highest BCUT2D eigenvalue weighted by Gasteiger charge is 2.31. The monoisotopic (exact) mass is 374 g/mol. The van der Waals surface area contributed by atoms with Crippen molar-refractivity contribution in [3.8, 4) is 5.75 Å². The molecule has 0 unspecified atom stereocenters. The number of para-hydroxylation sites is 2. The first-order valence-corrected chi connectivity index (χ1v) is 10.3. The SMILES string of the molecule is C[C@H](NC(=O)[C@H]1CCN(S(C)(=O)=O)c2ccccc2O1)c1ccccc1. The molecule has 1 aliphatic rings. The molecule has 1 amide bonds. The van der Waals surface area contributed by atoms with E-state index in [9.17, 15) is 13.2 Å². The maximum Gasteiger partial charge on any atom is 0.261 e. The highest BCUT2D eigenvalue weighted by atomic mass is 32.2. The number of benzene rings is 2. The molecule has 6 nitrogen and oxygen atoms in total. The fourth-order valence-corrected chi connectivity index (χ4v) is 3.94. The topological polar surface area (TPSA) is 75.7 Å². The van der Waals surface area contributed by atoms with Gasteiger partial charge in [0.05, 0.1) is 18.0 Å². The number of carbonyl (C=O) groups is 1. The second kappa shape index (κ2) is 7.37. The molecule has 0 saturated carbocycles. The highest BCUT2D eigenvalue weighted by molar-refractivity contribution is 7.92. The van der Waals surface area contributed by atoms with Crippen molar-refractivity contribution in [2.45, 2.75) is 25.5 Å². The minimum atomic E-state index is -3.46. The average Bonchev–Trinajstić information content (AvgIpc) is 2.82. The Morgan fingerprint density at radius 3 is 2.50 bits per heavy atom. The Balaban J connectivity index is 1.79. The predicted molar refractivity (Wildman–Crippen MR) is 101 cm³/mol. The summed E-state index contributed by atoms with van der Waals surface area (Å²) in [5.74, 6) is 0.134. The van der Waals surface area contributed by atoms with Crippen LogP contribution in [0.2, 0.25) is 0 Å². The van der Waals surface area contributed by atoms with E-state index in [-0.39, 0.29) is 24.9 Å². The summed E-state index contributed by atoms with van der Waals surface area (Å²) in [5.41, 5.74) is 1.45. The molecule has 3 rings (SSSR count). The molecule has 0 bridgehead atoms. The van der Waals surface area contributed by atoms with Crippen LogP contribution in [-0.4, -0.2) is 33.2 Å². The molecule has 1 aliphatic heterocycles. The molecule has 2 aromatic carbocycles. The lowest BCUT2D eigenvalue weighted by Crippen LogP contribution is -2.40. The summed E-state index contributed by atoms with van der Waals surface area (Å²) in [6.45, 7) is 2.09. The molecule has 138 valence electrons. The average molecular weight is 374 g/mol. The number of carbonyl (C=O) groups excluding carboxylic acids is 1. The molecule has 7 heteroatoms. The first-order valence-electron chi connectivity index (χ1n) is 8.45. The van der Waals surface area contributed by atoms with Crippen molar-refractivity contribution in [3.05, 3.63) is 60.2 Å². The van der Waals surface area contributed by atoms with Gasteiger partial charge in [0.2, 0.25) is 10.0 Å². The van der Waals surface area contributed by atoms with Crippen LogP contribution in [0.25, 0.3) is 0 Å². The van der Waals surface area contributed by atoms with E-state index in [1.807, 2.05) is 37.3 Å². The number of sulfonamides is 1. The third kappa shape index (κ3) is 3.99. The van der Waals surface area contributed by atoms with E-state index in [0.717, 1.165) is 11.8 Å². The van der Waals surface area contributed by atoms with Gasteiger partial charge in [-0.25, -0.2) is 8.42 Å². The number of ether oxygens (including phenoxy) is 1. The van der Waals surface area contributed by atoms with Gasteiger partial charge in [0.25, 0.3) is 5.91 Å². The molecule has 1 N–H and O–H groups in total. The van der Waals surface area contributed by atoms with Crippen LogP contribution >= 0.6 is 0 Å². The highest BCUT2D eigenvalue weighted by Crippen LogP contribution is 2.33. The van der Waals surface area contributed by atoms with Crippen molar-refractivity contribution in [3.63, 3.8) is 0 Å². The summed E-state index contributed by atoms with van der Waals surface area (Å²) in [4.78, 5) is 12.7. The molecule has 2 atom stereocenters. The van der Waals surface area contributed by atoms with Crippen LogP contribution in [-0.2, 0) is 14.8 Å². The van der Waals surface area contributed by atoms with Gasteiger partial charge in [0.15, 0.2) is 6.10 Å². The summed E-state index contributed by atoms with van der Waals surface area (Å²) in [6.07, 6.45) is 0.672. The summed E-state index contributed by atoms with van der Waals surface area (Å²) in [7, 11) is -3.46. The minimum Gasteiger partial charge on any atom is -0.478 e. The van der Waals surface area contributed by atoms with Crippen LogP contribution < -0.4 is 14.4 Å². The second-order valence-electron chi connectivity index (χ2n) is 6.34. The zero-order valence-corrected chi connectivity index (χ0v) is 15.6. The number of nitrogens with zero attached hydrogens (tertiary/aromatic N) is 1. The third-order valence-electron chi connectivity index (χ3n) is 4.35. The van der Waals surface area contributed by atoms with Crippen LogP contribution in [0.15, 0.2) is 54.6 Å². The summed E-state index contributed by atoms with van der Waals surface area (Å²) >= 11 is 0. The van der Waals surface area contributed by atoms with E-state index in [1.54, 1.807) is 24.3 Å². The molecule has 0 aromatic heterocycles.